The third-order valence-electron chi connectivity index (χ3n) is 5.35. The van der Waals surface area contributed by atoms with Crippen molar-refractivity contribution in [1.29, 1.82) is 0 Å². The molecule has 0 bridgehead atoms. The monoisotopic (exact) mass is 412 g/mol. The van der Waals surface area contributed by atoms with Gasteiger partial charge in [0.2, 0.25) is 17.6 Å². The van der Waals surface area contributed by atoms with Crippen LogP contribution in [0, 0.1) is 5.92 Å². The maximum absolute atomic E-state index is 12.7. The summed E-state index contributed by atoms with van der Waals surface area (Å²) in [6.45, 7) is 3.69. The Balaban J connectivity index is 1.33. The van der Waals surface area contributed by atoms with Crippen molar-refractivity contribution in [3.63, 3.8) is 0 Å². The van der Waals surface area contributed by atoms with E-state index in [0.29, 0.717) is 23.2 Å². The van der Waals surface area contributed by atoms with Gasteiger partial charge in [-0.05, 0) is 56.4 Å². The molecule has 29 heavy (non-hydrogen) atoms. The molecule has 0 saturated carbocycles. The normalized spacial score (nSPS) is 16.5. The second-order valence-electron chi connectivity index (χ2n) is 7.11. The number of carbonyl (C=O) groups is 1. The van der Waals surface area contributed by atoms with Crippen molar-refractivity contribution >= 4 is 22.9 Å². The van der Waals surface area contributed by atoms with Crippen LogP contribution in [0.5, 0.6) is 5.75 Å². The first-order chi connectivity index (χ1) is 14.2. The van der Waals surface area contributed by atoms with Gasteiger partial charge in [0.1, 0.15) is 5.75 Å². The highest BCUT2D eigenvalue weighted by Crippen LogP contribution is 2.30. The lowest BCUT2D eigenvalue weighted by Gasteiger charge is -2.33. The van der Waals surface area contributed by atoms with Gasteiger partial charge in [0.25, 0.3) is 0 Å². The maximum Gasteiger partial charge on any atom is 0.244 e. The van der Waals surface area contributed by atoms with Crippen LogP contribution >= 0.6 is 11.3 Å². The van der Waals surface area contributed by atoms with E-state index in [4.69, 9.17) is 9.26 Å². The van der Waals surface area contributed by atoms with Crippen molar-refractivity contribution in [1.82, 2.24) is 15.0 Å². The molecule has 7 nitrogen and oxygen atoms in total. The summed E-state index contributed by atoms with van der Waals surface area (Å²) in [7, 11) is 1.60. The summed E-state index contributed by atoms with van der Waals surface area (Å²) in [5, 5.41) is 9.10. The zero-order valence-electron chi connectivity index (χ0n) is 16.5. The first-order valence-corrected chi connectivity index (χ1v) is 10.6. The number of hydrogen-bond donors (Lipinski definition) is 1. The largest absolute Gasteiger partial charge is 0.495 e. The molecule has 1 N–H and O–H groups in total. The average Bonchev–Trinajstić information content (AvgIpc) is 3.45. The molecule has 3 aromatic rings. The number of nitrogens with zero attached hydrogens (tertiary/aromatic N) is 3. The fourth-order valence-electron chi connectivity index (χ4n) is 3.60. The third kappa shape index (κ3) is 4.33. The van der Waals surface area contributed by atoms with E-state index in [-0.39, 0.29) is 17.9 Å². The smallest absolute Gasteiger partial charge is 0.244 e. The predicted octanol–water partition coefficient (Wildman–Crippen LogP) is 4.22. The number of amides is 1. The molecule has 152 valence electrons. The number of nitrogens with one attached hydrogen (secondary N) is 1. The number of piperidine rings is 1. The van der Waals surface area contributed by atoms with Gasteiger partial charge in [-0.2, -0.15) is 4.98 Å². The number of ether oxygens (including phenoxy) is 1. The summed E-state index contributed by atoms with van der Waals surface area (Å²) in [4.78, 5) is 20.5. The molecule has 0 aliphatic carbocycles. The predicted molar refractivity (Wildman–Crippen MR) is 112 cm³/mol. The van der Waals surface area contributed by atoms with Gasteiger partial charge < -0.3 is 14.6 Å². The zero-order chi connectivity index (χ0) is 20.2. The molecule has 3 heterocycles. The number of para-hydroxylation sites is 2. The van der Waals surface area contributed by atoms with Gasteiger partial charge in [0, 0.05) is 5.92 Å². The number of hydrogen-bond acceptors (Lipinski definition) is 7. The van der Waals surface area contributed by atoms with Crippen LogP contribution in [0.15, 0.2) is 46.3 Å². The number of aromatic nitrogens is 2. The van der Waals surface area contributed by atoms with E-state index in [0.717, 1.165) is 30.8 Å². The number of thiophene rings is 1. The summed E-state index contributed by atoms with van der Waals surface area (Å²) >= 11 is 1.59. The molecule has 1 amide bonds. The molecule has 1 aromatic carbocycles. The van der Waals surface area contributed by atoms with E-state index in [1.807, 2.05) is 41.8 Å². The Morgan fingerprint density at radius 2 is 2.07 bits per heavy atom. The van der Waals surface area contributed by atoms with Crippen LogP contribution in [-0.4, -0.2) is 41.1 Å². The summed E-state index contributed by atoms with van der Waals surface area (Å²) in [6, 6.07) is 11.4. The van der Waals surface area contributed by atoms with Crippen LogP contribution in [0.3, 0.4) is 0 Å². The molecule has 1 aliphatic rings. The van der Waals surface area contributed by atoms with Crippen molar-refractivity contribution in [2.45, 2.75) is 25.8 Å². The van der Waals surface area contributed by atoms with Crippen LogP contribution in [-0.2, 0) is 4.79 Å². The molecule has 1 unspecified atom stereocenters. The van der Waals surface area contributed by atoms with E-state index in [2.05, 4.69) is 27.3 Å². The number of likely N-dealkylation sites (tertiary alicyclic amines) is 1. The molecule has 1 atom stereocenters. The summed E-state index contributed by atoms with van der Waals surface area (Å²) < 4.78 is 10.8. The van der Waals surface area contributed by atoms with Crippen LogP contribution in [0.4, 0.5) is 5.69 Å². The van der Waals surface area contributed by atoms with Crippen molar-refractivity contribution in [2.75, 3.05) is 25.5 Å². The number of carbonyl (C=O) groups excluding carboxylic acids is 1. The summed E-state index contributed by atoms with van der Waals surface area (Å²) in [5.74, 6) is 1.94. The standard InChI is InChI=1S/C21H24N4O3S/c1-14(21-23-19(24-28-21)18-8-5-13-29-18)25-11-9-15(10-12-25)20(26)22-16-6-3-4-7-17(16)27-2/h3-8,13-15H,9-12H2,1-2H3,(H,22,26). The van der Waals surface area contributed by atoms with Gasteiger partial charge >= 0.3 is 0 Å². The fourth-order valence-corrected chi connectivity index (χ4v) is 4.25. The second-order valence-corrected chi connectivity index (χ2v) is 8.06. The molecular formula is C21H24N4O3S. The lowest BCUT2D eigenvalue weighted by molar-refractivity contribution is -0.121. The first kappa shape index (κ1) is 19.6. The molecule has 1 saturated heterocycles. The zero-order valence-corrected chi connectivity index (χ0v) is 17.3. The average molecular weight is 413 g/mol. The van der Waals surface area contributed by atoms with Crippen molar-refractivity contribution < 1.29 is 14.1 Å². The molecule has 1 fully saturated rings. The number of anilines is 1. The Morgan fingerprint density at radius 3 is 2.79 bits per heavy atom. The van der Waals surface area contributed by atoms with Crippen LogP contribution in [0.1, 0.15) is 31.7 Å². The van der Waals surface area contributed by atoms with Crippen LogP contribution in [0.2, 0.25) is 0 Å². The van der Waals surface area contributed by atoms with Crippen LogP contribution < -0.4 is 10.1 Å². The first-order valence-electron chi connectivity index (χ1n) is 9.71. The Labute approximate surface area is 173 Å². The van der Waals surface area contributed by atoms with Gasteiger partial charge in [-0.1, -0.05) is 23.4 Å². The molecule has 1 aliphatic heterocycles. The van der Waals surface area contributed by atoms with Gasteiger partial charge in [-0.15, -0.1) is 11.3 Å². The topological polar surface area (TPSA) is 80.5 Å². The highest BCUT2D eigenvalue weighted by molar-refractivity contribution is 7.13. The SMILES string of the molecule is COc1ccccc1NC(=O)C1CCN(C(C)c2nc(-c3cccs3)no2)CC1. The van der Waals surface area contributed by atoms with E-state index in [9.17, 15) is 4.79 Å². The van der Waals surface area contributed by atoms with Crippen molar-refractivity contribution in [2.24, 2.45) is 5.92 Å². The van der Waals surface area contributed by atoms with Gasteiger partial charge in [0.05, 0.1) is 23.7 Å². The molecular weight excluding hydrogens is 388 g/mol. The maximum atomic E-state index is 12.7. The summed E-state index contributed by atoms with van der Waals surface area (Å²) in [5.41, 5.74) is 0.711. The molecule has 0 spiro atoms. The van der Waals surface area contributed by atoms with E-state index in [1.54, 1.807) is 18.4 Å². The van der Waals surface area contributed by atoms with Crippen molar-refractivity contribution in [3.8, 4) is 16.5 Å². The fraction of sp³-hybridized carbons (Fsp3) is 0.381. The van der Waals surface area contributed by atoms with Gasteiger partial charge in [-0.25, -0.2) is 0 Å². The minimum atomic E-state index is -0.0206. The Morgan fingerprint density at radius 1 is 1.28 bits per heavy atom. The summed E-state index contributed by atoms with van der Waals surface area (Å²) in [6.07, 6.45) is 1.58. The lowest BCUT2D eigenvalue weighted by Crippen LogP contribution is -2.39. The second kappa shape index (κ2) is 8.75. The number of rotatable bonds is 6. The third-order valence-corrected chi connectivity index (χ3v) is 6.22. The number of methoxy groups -OCH3 is 1. The lowest BCUT2D eigenvalue weighted by atomic mass is 9.95. The molecule has 8 heteroatoms. The highest BCUT2D eigenvalue weighted by Gasteiger charge is 2.30. The van der Waals surface area contributed by atoms with E-state index < -0.39 is 0 Å². The van der Waals surface area contributed by atoms with E-state index in [1.165, 1.54) is 0 Å². The Kier molecular flexibility index (Phi) is 5.92. The molecule has 4 rings (SSSR count). The van der Waals surface area contributed by atoms with Crippen LogP contribution in [0.25, 0.3) is 10.7 Å². The van der Waals surface area contributed by atoms with Gasteiger partial charge in [-0.3, -0.25) is 9.69 Å². The van der Waals surface area contributed by atoms with Gasteiger partial charge in [0.15, 0.2) is 0 Å². The number of benzene rings is 1. The Hall–Kier alpha value is -2.71. The highest BCUT2D eigenvalue weighted by atomic mass is 32.1. The quantitative estimate of drug-likeness (QED) is 0.653. The molecule has 0 radical (unpaired) electrons. The Bertz CT molecular complexity index is 949. The minimum Gasteiger partial charge on any atom is -0.495 e. The van der Waals surface area contributed by atoms with Crippen molar-refractivity contribution in [3.05, 3.63) is 47.7 Å². The molecule has 2 aromatic heterocycles. The van der Waals surface area contributed by atoms with E-state index >= 15 is 0 Å². The minimum absolute atomic E-state index is 0.0206.